The van der Waals surface area contributed by atoms with Crippen molar-refractivity contribution in [2.75, 3.05) is 19.6 Å². The van der Waals surface area contributed by atoms with Gasteiger partial charge in [0, 0.05) is 37.3 Å². The SMILES string of the molecule is C[C@@H](CNC(=O)c1ccc2c(c1)C(=O)N(CCCNC(=O)OC(C)(C)C)C2)C(=O)O. The predicted molar refractivity (Wildman–Crippen MR) is 109 cm³/mol. The normalized spacial score (nSPS) is 14.1. The largest absolute Gasteiger partial charge is 0.481 e. The molecule has 0 spiro atoms. The molecule has 0 bridgehead atoms. The minimum Gasteiger partial charge on any atom is -0.481 e. The monoisotopic (exact) mass is 419 g/mol. The highest BCUT2D eigenvalue weighted by Gasteiger charge is 2.28. The average molecular weight is 419 g/mol. The van der Waals surface area contributed by atoms with Crippen molar-refractivity contribution in [1.82, 2.24) is 15.5 Å². The number of carboxylic acid groups (broad SMARTS) is 1. The van der Waals surface area contributed by atoms with Gasteiger partial charge in [0.15, 0.2) is 0 Å². The van der Waals surface area contributed by atoms with Crippen LogP contribution in [0.4, 0.5) is 4.79 Å². The molecule has 0 fully saturated rings. The third kappa shape index (κ3) is 6.47. The fourth-order valence-corrected chi connectivity index (χ4v) is 2.89. The summed E-state index contributed by atoms with van der Waals surface area (Å²) in [4.78, 5) is 49.1. The average Bonchev–Trinajstić information content (AvgIpc) is 2.96. The van der Waals surface area contributed by atoms with Gasteiger partial charge in [0.2, 0.25) is 0 Å². The van der Waals surface area contributed by atoms with Gasteiger partial charge < -0.3 is 25.4 Å². The first-order valence-electron chi connectivity index (χ1n) is 9.88. The van der Waals surface area contributed by atoms with Gasteiger partial charge in [0.1, 0.15) is 5.60 Å². The molecular weight excluding hydrogens is 390 g/mol. The lowest BCUT2D eigenvalue weighted by molar-refractivity contribution is -0.140. The maximum absolute atomic E-state index is 12.6. The van der Waals surface area contributed by atoms with E-state index < -0.39 is 29.5 Å². The van der Waals surface area contributed by atoms with E-state index >= 15 is 0 Å². The lowest BCUT2D eigenvalue weighted by Crippen LogP contribution is -2.34. The first kappa shape index (κ1) is 23.2. The van der Waals surface area contributed by atoms with Gasteiger partial charge in [-0.3, -0.25) is 14.4 Å². The van der Waals surface area contributed by atoms with Crippen molar-refractivity contribution in [2.24, 2.45) is 5.92 Å². The molecule has 1 aromatic carbocycles. The summed E-state index contributed by atoms with van der Waals surface area (Å²) in [6.07, 6.45) is 0.0748. The van der Waals surface area contributed by atoms with Crippen LogP contribution in [0.2, 0.25) is 0 Å². The third-order valence-electron chi connectivity index (χ3n) is 4.51. The number of nitrogens with one attached hydrogen (secondary N) is 2. The minimum atomic E-state index is -0.990. The summed E-state index contributed by atoms with van der Waals surface area (Å²) in [7, 11) is 0. The minimum absolute atomic E-state index is 0.00989. The second-order valence-electron chi connectivity index (χ2n) is 8.33. The molecule has 9 nitrogen and oxygen atoms in total. The lowest BCUT2D eigenvalue weighted by Gasteiger charge is -2.20. The Hall–Kier alpha value is -3.10. The zero-order valence-corrected chi connectivity index (χ0v) is 17.8. The quantitative estimate of drug-likeness (QED) is 0.554. The summed E-state index contributed by atoms with van der Waals surface area (Å²) in [5.41, 5.74) is 1.05. The number of alkyl carbamates (subject to hydrolysis) is 1. The topological polar surface area (TPSA) is 125 Å². The van der Waals surface area contributed by atoms with Crippen LogP contribution in [0.3, 0.4) is 0 Å². The highest BCUT2D eigenvalue weighted by atomic mass is 16.6. The van der Waals surface area contributed by atoms with Crippen molar-refractivity contribution in [2.45, 2.75) is 46.3 Å². The Labute approximate surface area is 175 Å². The number of carbonyl (C=O) groups is 4. The van der Waals surface area contributed by atoms with Crippen LogP contribution < -0.4 is 10.6 Å². The highest BCUT2D eigenvalue weighted by molar-refractivity contribution is 6.02. The summed E-state index contributed by atoms with van der Waals surface area (Å²) in [6, 6.07) is 4.90. The first-order valence-corrected chi connectivity index (χ1v) is 9.88. The number of amides is 3. The Bertz CT molecular complexity index is 831. The Morgan fingerprint density at radius 1 is 1.23 bits per heavy atom. The molecule has 30 heavy (non-hydrogen) atoms. The molecule has 1 aliphatic heterocycles. The molecule has 164 valence electrons. The molecule has 3 N–H and O–H groups in total. The molecule has 9 heteroatoms. The van der Waals surface area contributed by atoms with E-state index in [1.165, 1.54) is 13.0 Å². The molecule has 0 unspecified atom stereocenters. The predicted octanol–water partition coefficient (Wildman–Crippen LogP) is 2.01. The van der Waals surface area contributed by atoms with Crippen LogP contribution in [-0.2, 0) is 16.1 Å². The van der Waals surface area contributed by atoms with Gasteiger partial charge in [-0.15, -0.1) is 0 Å². The van der Waals surface area contributed by atoms with E-state index in [0.717, 1.165) is 5.56 Å². The van der Waals surface area contributed by atoms with E-state index in [9.17, 15) is 19.2 Å². The van der Waals surface area contributed by atoms with E-state index in [0.29, 0.717) is 37.2 Å². The molecule has 0 radical (unpaired) electrons. The van der Waals surface area contributed by atoms with E-state index in [2.05, 4.69) is 10.6 Å². The third-order valence-corrected chi connectivity index (χ3v) is 4.51. The molecule has 1 aromatic rings. The number of benzene rings is 1. The van der Waals surface area contributed by atoms with Crippen molar-refractivity contribution >= 4 is 23.9 Å². The summed E-state index contributed by atoms with van der Waals surface area (Å²) >= 11 is 0. The highest BCUT2D eigenvalue weighted by Crippen LogP contribution is 2.24. The fraction of sp³-hybridized carbons (Fsp3) is 0.524. The van der Waals surface area contributed by atoms with Crippen LogP contribution in [0.1, 0.15) is 60.4 Å². The Kier molecular flexibility index (Phi) is 7.42. The van der Waals surface area contributed by atoms with Crippen LogP contribution >= 0.6 is 0 Å². The second kappa shape index (κ2) is 9.60. The number of fused-ring (bicyclic) bond motifs is 1. The number of hydrogen-bond donors (Lipinski definition) is 3. The molecule has 1 aliphatic rings. The first-order chi connectivity index (χ1) is 14.0. The molecule has 0 aliphatic carbocycles. The molecule has 3 amide bonds. The zero-order chi connectivity index (χ0) is 22.5. The Morgan fingerprint density at radius 2 is 1.93 bits per heavy atom. The van der Waals surface area contributed by atoms with Crippen molar-refractivity contribution < 1.29 is 29.0 Å². The molecule has 2 rings (SSSR count). The zero-order valence-electron chi connectivity index (χ0n) is 17.8. The number of carbonyl (C=O) groups excluding carboxylic acids is 3. The molecule has 1 heterocycles. The van der Waals surface area contributed by atoms with Gasteiger partial charge in [0.25, 0.3) is 11.8 Å². The molecule has 0 saturated heterocycles. The molecule has 1 atom stereocenters. The van der Waals surface area contributed by atoms with Gasteiger partial charge in [-0.2, -0.15) is 0 Å². The Balaban J connectivity index is 1.86. The van der Waals surface area contributed by atoms with Gasteiger partial charge in [-0.25, -0.2) is 4.79 Å². The van der Waals surface area contributed by atoms with Gasteiger partial charge in [-0.1, -0.05) is 13.0 Å². The summed E-state index contributed by atoms with van der Waals surface area (Å²) in [5.74, 6) is -2.28. The standard InChI is InChI=1S/C21H29N3O6/c1-13(19(27)28)11-23-17(25)14-6-7-15-12-24(18(26)16(15)10-14)9-5-8-22-20(29)30-21(2,3)4/h6-7,10,13H,5,8-9,11-12H2,1-4H3,(H,22,29)(H,23,25)(H,27,28)/t13-/m0/s1. The maximum atomic E-state index is 12.6. The van der Waals surface area contributed by atoms with Crippen LogP contribution in [0.25, 0.3) is 0 Å². The van der Waals surface area contributed by atoms with Crippen LogP contribution in [-0.4, -0.2) is 59.1 Å². The number of carboxylic acids is 1. The van der Waals surface area contributed by atoms with Gasteiger partial charge >= 0.3 is 12.1 Å². The van der Waals surface area contributed by atoms with Crippen molar-refractivity contribution in [1.29, 1.82) is 0 Å². The maximum Gasteiger partial charge on any atom is 0.407 e. The molecular formula is C21H29N3O6. The van der Waals surface area contributed by atoms with Crippen molar-refractivity contribution in [3.63, 3.8) is 0 Å². The number of ether oxygens (including phenoxy) is 1. The van der Waals surface area contributed by atoms with E-state index in [1.807, 2.05) is 0 Å². The number of aliphatic carboxylic acids is 1. The fourth-order valence-electron chi connectivity index (χ4n) is 2.89. The van der Waals surface area contributed by atoms with Crippen LogP contribution in [0.5, 0.6) is 0 Å². The number of rotatable bonds is 8. The van der Waals surface area contributed by atoms with Crippen molar-refractivity contribution in [3.05, 3.63) is 34.9 Å². The molecule has 0 saturated carbocycles. The molecule has 0 aromatic heterocycles. The van der Waals surface area contributed by atoms with Crippen molar-refractivity contribution in [3.8, 4) is 0 Å². The van der Waals surface area contributed by atoms with E-state index in [4.69, 9.17) is 9.84 Å². The van der Waals surface area contributed by atoms with E-state index in [1.54, 1.807) is 37.8 Å². The Morgan fingerprint density at radius 3 is 2.57 bits per heavy atom. The van der Waals surface area contributed by atoms with E-state index in [-0.39, 0.29) is 12.5 Å². The van der Waals surface area contributed by atoms with Gasteiger partial charge in [-0.05, 0) is 44.9 Å². The smallest absolute Gasteiger partial charge is 0.407 e. The number of nitrogens with zero attached hydrogens (tertiary/aromatic N) is 1. The van der Waals surface area contributed by atoms with Crippen LogP contribution in [0, 0.1) is 5.92 Å². The van der Waals surface area contributed by atoms with Crippen LogP contribution in [0.15, 0.2) is 18.2 Å². The summed E-state index contributed by atoms with van der Waals surface area (Å²) in [5, 5.41) is 14.1. The van der Waals surface area contributed by atoms with Gasteiger partial charge in [0.05, 0.1) is 5.92 Å². The summed E-state index contributed by atoms with van der Waals surface area (Å²) < 4.78 is 5.16. The second-order valence-corrected chi connectivity index (χ2v) is 8.33. The summed E-state index contributed by atoms with van der Waals surface area (Å²) in [6.45, 7) is 8.15. The lowest BCUT2D eigenvalue weighted by atomic mass is 10.1. The number of hydrogen-bond acceptors (Lipinski definition) is 5.